The molecule has 1 aromatic carbocycles. The van der Waals surface area contributed by atoms with Crippen molar-refractivity contribution >= 4 is 10.0 Å². The molecule has 0 bridgehead atoms. The van der Waals surface area contributed by atoms with E-state index in [0.29, 0.717) is 30.9 Å². The fourth-order valence-corrected chi connectivity index (χ4v) is 7.42. The number of hydrogen-bond donors (Lipinski definition) is 1. The molecular weight excluding hydrogens is 448 g/mol. The second kappa shape index (κ2) is 9.59. The van der Waals surface area contributed by atoms with E-state index < -0.39 is 10.0 Å². The quantitative estimate of drug-likeness (QED) is 0.641. The van der Waals surface area contributed by atoms with Gasteiger partial charge >= 0.3 is 0 Å². The molecule has 2 aliphatic carbocycles. The molecule has 2 saturated carbocycles. The Balaban J connectivity index is 1.30. The van der Waals surface area contributed by atoms with Gasteiger partial charge < -0.3 is 9.30 Å². The number of fused-ring (bicyclic) bond motifs is 1. The number of nitrogens with zero attached hydrogens (tertiary/aromatic N) is 1. The molecule has 2 fully saturated rings. The van der Waals surface area contributed by atoms with E-state index in [2.05, 4.69) is 35.9 Å². The molecule has 3 aliphatic rings. The van der Waals surface area contributed by atoms with Crippen molar-refractivity contribution < 1.29 is 13.2 Å². The van der Waals surface area contributed by atoms with Crippen LogP contribution in [0.2, 0.25) is 0 Å². The minimum absolute atomic E-state index is 0.0373. The largest absolute Gasteiger partial charge is 0.376 e. The first-order valence-corrected chi connectivity index (χ1v) is 14.3. The minimum atomic E-state index is -3.35. The van der Waals surface area contributed by atoms with Gasteiger partial charge in [-0.05, 0) is 88.3 Å². The Morgan fingerprint density at radius 1 is 0.941 bits per heavy atom. The SMILES string of the molecule is Cc1ccccc1C1CCC(OC[C@H]2[C@@H](NS(=O)(=O)C3CC3)CCc3ccc(C)c(=O)n32)CC1. The second-order valence-electron chi connectivity index (χ2n) is 10.4. The van der Waals surface area contributed by atoms with Crippen molar-refractivity contribution in [2.45, 2.75) is 94.6 Å². The molecule has 0 spiro atoms. The van der Waals surface area contributed by atoms with Crippen LogP contribution in [-0.4, -0.2) is 37.0 Å². The maximum absolute atomic E-state index is 13.1. The highest BCUT2D eigenvalue weighted by atomic mass is 32.2. The summed E-state index contributed by atoms with van der Waals surface area (Å²) in [6, 6.07) is 11.9. The van der Waals surface area contributed by atoms with Crippen LogP contribution in [0.15, 0.2) is 41.2 Å². The standard InChI is InChI=1S/C27H36N2O4S/c1-18-5-3-4-6-24(18)20-8-12-22(13-9-20)33-17-26-25(28-34(31,32)23-14-15-23)16-11-21-10-7-19(2)27(30)29(21)26/h3-7,10,20,22-23,25-26,28H,8-9,11-17H2,1-2H3/t20?,22?,25-,26-/m0/s1. The predicted octanol–water partition coefficient (Wildman–Crippen LogP) is 4.15. The lowest BCUT2D eigenvalue weighted by molar-refractivity contribution is -0.00172. The Bertz CT molecular complexity index is 1190. The predicted molar refractivity (Wildman–Crippen MR) is 134 cm³/mol. The molecule has 6 nitrogen and oxygen atoms in total. The van der Waals surface area contributed by atoms with E-state index in [1.54, 1.807) is 4.57 Å². The van der Waals surface area contributed by atoms with Crippen molar-refractivity contribution in [1.29, 1.82) is 0 Å². The molecule has 7 heteroatoms. The molecule has 1 aromatic heterocycles. The number of aryl methyl sites for hydroxylation is 3. The first-order valence-electron chi connectivity index (χ1n) is 12.7. The van der Waals surface area contributed by atoms with Crippen LogP contribution >= 0.6 is 0 Å². The van der Waals surface area contributed by atoms with E-state index in [0.717, 1.165) is 44.2 Å². The van der Waals surface area contributed by atoms with Crippen molar-refractivity contribution in [2.24, 2.45) is 0 Å². The van der Waals surface area contributed by atoms with Gasteiger partial charge in [-0.25, -0.2) is 13.1 Å². The Labute approximate surface area is 202 Å². The maximum Gasteiger partial charge on any atom is 0.254 e. The number of nitrogens with one attached hydrogen (secondary N) is 1. The number of aromatic nitrogens is 1. The highest BCUT2D eigenvalue weighted by molar-refractivity contribution is 7.90. The molecular formula is C27H36N2O4S. The van der Waals surface area contributed by atoms with E-state index in [1.165, 1.54) is 11.1 Å². The molecule has 0 saturated heterocycles. The average Bonchev–Trinajstić information content (AvgIpc) is 3.68. The zero-order valence-electron chi connectivity index (χ0n) is 20.2. The van der Waals surface area contributed by atoms with E-state index in [-0.39, 0.29) is 29.0 Å². The van der Waals surface area contributed by atoms with E-state index >= 15 is 0 Å². The minimum Gasteiger partial charge on any atom is -0.376 e. The molecule has 2 aromatic rings. The van der Waals surface area contributed by atoms with Crippen molar-refractivity contribution in [2.75, 3.05) is 6.61 Å². The fourth-order valence-electron chi connectivity index (χ4n) is 5.77. The number of rotatable bonds is 7. The second-order valence-corrected chi connectivity index (χ2v) is 12.4. The highest BCUT2D eigenvalue weighted by Crippen LogP contribution is 2.36. The summed E-state index contributed by atoms with van der Waals surface area (Å²) in [6.45, 7) is 4.35. The van der Waals surface area contributed by atoms with Gasteiger partial charge in [-0.3, -0.25) is 4.79 Å². The molecule has 1 N–H and O–H groups in total. The Morgan fingerprint density at radius 3 is 2.38 bits per heavy atom. The van der Waals surface area contributed by atoms with Gasteiger partial charge in [0, 0.05) is 17.3 Å². The van der Waals surface area contributed by atoms with Gasteiger partial charge in [0.05, 0.1) is 24.0 Å². The number of hydrogen-bond acceptors (Lipinski definition) is 4. The summed E-state index contributed by atoms with van der Waals surface area (Å²) in [4.78, 5) is 13.1. The summed E-state index contributed by atoms with van der Waals surface area (Å²) in [5.41, 5.74) is 4.40. The molecule has 0 radical (unpaired) electrons. The van der Waals surface area contributed by atoms with Gasteiger partial charge in [0.15, 0.2) is 0 Å². The van der Waals surface area contributed by atoms with Gasteiger partial charge in [0.25, 0.3) is 5.56 Å². The summed E-state index contributed by atoms with van der Waals surface area (Å²) in [5, 5.41) is -0.276. The Morgan fingerprint density at radius 2 is 1.68 bits per heavy atom. The van der Waals surface area contributed by atoms with E-state index in [9.17, 15) is 13.2 Å². The zero-order valence-corrected chi connectivity index (χ0v) is 21.0. The third kappa shape index (κ3) is 4.88. The van der Waals surface area contributed by atoms with Crippen LogP contribution in [-0.2, 0) is 21.2 Å². The van der Waals surface area contributed by atoms with Gasteiger partial charge in [-0.2, -0.15) is 0 Å². The molecule has 0 amide bonds. The topological polar surface area (TPSA) is 77.4 Å². The summed E-state index contributed by atoms with van der Waals surface area (Å²) >= 11 is 0. The summed E-state index contributed by atoms with van der Waals surface area (Å²) < 4.78 is 36.6. The number of ether oxygens (including phenoxy) is 1. The van der Waals surface area contributed by atoms with Crippen LogP contribution in [0, 0.1) is 13.8 Å². The summed E-state index contributed by atoms with van der Waals surface area (Å²) in [7, 11) is -3.35. The Kier molecular flexibility index (Phi) is 6.70. The summed E-state index contributed by atoms with van der Waals surface area (Å²) in [6.07, 6.45) is 7.12. The Hall–Kier alpha value is -1.96. The monoisotopic (exact) mass is 484 g/mol. The number of sulfonamides is 1. The zero-order chi connectivity index (χ0) is 23.9. The molecule has 184 valence electrons. The molecule has 1 aliphatic heterocycles. The van der Waals surface area contributed by atoms with Crippen molar-refractivity contribution in [3.63, 3.8) is 0 Å². The molecule has 34 heavy (non-hydrogen) atoms. The molecule has 2 heterocycles. The van der Waals surface area contributed by atoms with E-state index in [4.69, 9.17) is 4.74 Å². The van der Waals surface area contributed by atoms with Crippen LogP contribution < -0.4 is 10.3 Å². The molecule has 2 atom stereocenters. The van der Waals surface area contributed by atoms with Gasteiger partial charge in [-0.1, -0.05) is 30.3 Å². The average molecular weight is 485 g/mol. The number of pyridine rings is 1. The van der Waals surface area contributed by atoms with Crippen molar-refractivity contribution in [1.82, 2.24) is 9.29 Å². The normalized spacial score (nSPS) is 27.4. The fraction of sp³-hybridized carbons (Fsp3) is 0.593. The van der Waals surface area contributed by atoms with Gasteiger partial charge in [-0.15, -0.1) is 0 Å². The summed E-state index contributed by atoms with van der Waals surface area (Å²) in [5.74, 6) is 0.569. The lowest BCUT2D eigenvalue weighted by Gasteiger charge is -2.37. The van der Waals surface area contributed by atoms with Gasteiger partial charge in [0.2, 0.25) is 10.0 Å². The van der Waals surface area contributed by atoms with Crippen molar-refractivity contribution in [3.05, 3.63) is 69.1 Å². The molecule has 0 unspecified atom stereocenters. The van der Waals surface area contributed by atoms with Gasteiger partial charge in [0.1, 0.15) is 0 Å². The van der Waals surface area contributed by atoms with E-state index in [1.807, 2.05) is 19.1 Å². The first kappa shape index (κ1) is 23.8. The maximum atomic E-state index is 13.1. The first-order chi connectivity index (χ1) is 16.3. The van der Waals surface area contributed by atoms with Crippen molar-refractivity contribution in [3.8, 4) is 0 Å². The third-order valence-corrected chi connectivity index (χ3v) is 9.96. The van der Waals surface area contributed by atoms with Crippen LogP contribution in [0.3, 0.4) is 0 Å². The molecule has 5 rings (SSSR count). The lowest BCUT2D eigenvalue weighted by Crippen LogP contribution is -2.50. The third-order valence-electron chi connectivity index (χ3n) is 7.98. The van der Waals surface area contributed by atoms with Crippen LogP contribution in [0.5, 0.6) is 0 Å². The number of benzene rings is 1. The lowest BCUT2D eigenvalue weighted by atomic mass is 9.81. The smallest absolute Gasteiger partial charge is 0.254 e. The van der Waals surface area contributed by atoms with Crippen LogP contribution in [0.25, 0.3) is 0 Å². The van der Waals surface area contributed by atoms with Crippen LogP contribution in [0.4, 0.5) is 0 Å². The van der Waals surface area contributed by atoms with Crippen LogP contribution in [0.1, 0.15) is 79.3 Å². The highest BCUT2D eigenvalue weighted by Gasteiger charge is 2.40.